The van der Waals surface area contributed by atoms with Gasteiger partial charge in [-0.3, -0.25) is 9.67 Å². The van der Waals surface area contributed by atoms with E-state index in [9.17, 15) is 0 Å². The number of hydrogen-bond acceptors (Lipinski definition) is 3. The zero-order valence-electron chi connectivity index (χ0n) is 16.4. The predicted octanol–water partition coefficient (Wildman–Crippen LogP) is 5.97. The van der Waals surface area contributed by atoms with Crippen LogP contribution in [0, 0.1) is 11.7 Å². The second kappa shape index (κ2) is 7.65. The van der Waals surface area contributed by atoms with Crippen molar-refractivity contribution in [3.8, 4) is 22.7 Å². The maximum absolute atomic E-state index is 6.07. The topological polar surface area (TPSA) is 58.6 Å². The van der Waals surface area contributed by atoms with Gasteiger partial charge in [-0.2, -0.15) is 5.10 Å². The van der Waals surface area contributed by atoms with E-state index < -0.39 is 0 Å². The van der Waals surface area contributed by atoms with Crippen molar-refractivity contribution < 1.29 is 4.74 Å². The first kappa shape index (κ1) is 18.4. The molecule has 0 fully saturated rings. The lowest BCUT2D eigenvalue weighted by atomic mass is 10.1. The van der Waals surface area contributed by atoms with Crippen LogP contribution in [0.1, 0.15) is 11.4 Å². The summed E-state index contributed by atoms with van der Waals surface area (Å²) in [6.45, 7) is 2.32. The molecule has 0 saturated carbocycles. The minimum absolute atomic E-state index is 0.297. The Morgan fingerprint density at radius 3 is 2.50 bits per heavy atom. The molecule has 2 N–H and O–H groups in total. The Balaban J connectivity index is 1.66. The summed E-state index contributed by atoms with van der Waals surface area (Å²) in [5.74, 6) is 1.55. The highest BCUT2D eigenvalue weighted by Gasteiger charge is 2.19. The van der Waals surface area contributed by atoms with E-state index in [4.69, 9.17) is 17.0 Å². The molecule has 0 aliphatic rings. The van der Waals surface area contributed by atoms with Crippen LogP contribution in [0.2, 0.25) is 0 Å². The van der Waals surface area contributed by atoms with Crippen molar-refractivity contribution in [1.82, 2.24) is 19.7 Å². The molecule has 0 amide bonds. The molecular weight excluding hydrogens is 392 g/mol. The Morgan fingerprint density at radius 1 is 0.933 bits per heavy atom. The van der Waals surface area contributed by atoms with Gasteiger partial charge in [-0.05, 0) is 36.8 Å². The summed E-state index contributed by atoms with van der Waals surface area (Å²) in [6.07, 6.45) is 0. The Kier molecular flexibility index (Phi) is 4.69. The normalized spacial score (nSPS) is 11.1. The van der Waals surface area contributed by atoms with Crippen LogP contribution >= 0.6 is 12.2 Å². The highest BCUT2D eigenvalue weighted by atomic mass is 32.1. The number of rotatable bonds is 5. The van der Waals surface area contributed by atoms with Crippen LogP contribution in [0.15, 0.2) is 78.9 Å². The van der Waals surface area contributed by atoms with E-state index in [2.05, 4.69) is 39.4 Å². The van der Waals surface area contributed by atoms with E-state index in [1.807, 2.05) is 66.1 Å². The van der Waals surface area contributed by atoms with Gasteiger partial charge >= 0.3 is 0 Å². The molecule has 5 rings (SSSR count). The first-order valence-electron chi connectivity index (χ1n) is 9.73. The molecule has 5 nitrogen and oxygen atoms in total. The summed E-state index contributed by atoms with van der Waals surface area (Å²) >= 11 is 5.63. The molecule has 0 unspecified atom stereocenters. The standard InChI is InChI=1S/C24H20N4OS/c1-16-9-5-8-14-20(16)29-15-21-26-27-24(30)28(21)23-18-12-6-7-13-19(18)25-22(23)17-10-3-2-4-11-17/h2-14,25H,15H2,1H3,(H,27,30). The summed E-state index contributed by atoms with van der Waals surface area (Å²) in [5.41, 5.74) is 5.17. The summed E-state index contributed by atoms with van der Waals surface area (Å²) in [5, 5.41) is 8.48. The first-order valence-corrected chi connectivity index (χ1v) is 10.1. The van der Waals surface area contributed by atoms with Gasteiger partial charge in [0.25, 0.3) is 0 Å². The van der Waals surface area contributed by atoms with Gasteiger partial charge in [0.1, 0.15) is 12.4 Å². The van der Waals surface area contributed by atoms with Crippen molar-refractivity contribution in [3.63, 3.8) is 0 Å². The molecule has 3 aromatic carbocycles. The van der Waals surface area contributed by atoms with Crippen LogP contribution in [0.5, 0.6) is 5.75 Å². The number of H-pyrrole nitrogens is 2. The number of hydrogen-bond donors (Lipinski definition) is 2. The first-order chi connectivity index (χ1) is 14.7. The Bertz CT molecular complexity index is 1380. The number of aryl methyl sites for hydroxylation is 1. The average Bonchev–Trinajstić information content (AvgIpc) is 3.33. The fourth-order valence-corrected chi connectivity index (χ4v) is 3.93. The van der Waals surface area contributed by atoms with Crippen molar-refractivity contribution in [2.24, 2.45) is 0 Å². The molecule has 148 valence electrons. The third-order valence-electron chi connectivity index (χ3n) is 5.16. The number of benzene rings is 3. The van der Waals surface area contributed by atoms with E-state index in [1.54, 1.807) is 0 Å². The van der Waals surface area contributed by atoms with Gasteiger partial charge in [-0.25, -0.2) is 0 Å². The maximum atomic E-state index is 6.07. The summed E-state index contributed by atoms with van der Waals surface area (Å²) < 4.78 is 8.57. The van der Waals surface area contributed by atoms with Gasteiger partial charge in [0, 0.05) is 16.5 Å². The average molecular weight is 413 g/mol. The lowest BCUT2D eigenvalue weighted by Gasteiger charge is -2.11. The van der Waals surface area contributed by atoms with Crippen LogP contribution in [0.4, 0.5) is 0 Å². The fraction of sp³-hybridized carbons (Fsp3) is 0.0833. The second-order valence-electron chi connectivity index (χ2n) is 7.09. The molecule has 0 saturated heterocycles. The second-order valence-corrected chi connectivity index (χ2v) is 7.48. The number of para-hydroxylation sites is 2. The zero-order valence-corrected chi connectivity index (χ0v) is 17.2. The minimum atomic E-state index is 0.297. The van der Waals surface area contributed by atoms with Crippen molar-refractivity contribution in [3.05, 3.63) is 95.0 Å². The van der Waals surface area contributed by atoms with E-state index >= 15 is 0 Å². The van der Waals surface area contributed by atoms with E-state index in [0.717, 1.165) is 39.2 Å². The molecule has 0 aliphatic carbocycles. The zero-order chi connectivity index (χ0) is 20.5. The van der Waals surface area contributed by atoms with Gasteiger partial charge in [0.15, 0.2) is 10.6 Å². The largest absolute Gasteiger partial charge is 0.485 e. The molecule has 30 heavy (non-hydrogen) atoms. The molecular formula is C24H20N4OS. The Hall–Kier alpha value is -3.64. The van der Waals surface area contributed by atoms with Crippen LogP contribution in [-0.4, -0.2) is 19.7 Å². The molecule has 2 heterocycles. The Morgan fingerprint density at radius 2 is 1.67 bits per heavy atom. The molecule has 0 aliphatic heterocycles. The van der Waals surface area contributed by atoms with Crippen molar-refractivity contribution >= 4 is 23.1 Å². The number of fused-ring (bicyclic) bond motifs is 1. The summed E-state index contributed by atoms with van der Waals surface area (Å²) in [6, 6.07) is 26.4. The van der Waals surface area contributed by atoms with Crippen molar-refractivity contribution in [2.45, 2.75) is 13.5 Å². The number of aromatic amines is 2. The van der Waals surface area contributed by atoms with Crippen LogP contribution in [-0.2, 0) is 6.61 Å². The molecule has 0 bridgehead atoms. The van der Waals surface area contributed by atoms with Crippen LogP contribution in [0.3, 0.4) is 0 Å². The number of ether oxygens (including phenoxy) is 1. The molecule has 0 atom stereocenters. The molecule has 2 aromatic heterocycles. The van der Waals surface area contributed by atoms with Gasteiger partial charge in [0.05, 0.1) is 11.4 Å². The fourth-order valence-electron chi connectivity index (χ4n) is 3.69. The highest BCUT2D eigenvalue weighted by molar-refractivity contribution is 7.71. The predicted molar refractivity (Wildman–Crippen MR) is 122 cm³/mol. The highest BCUT2D eigenvalue weighted by Crippen LogP contribution is 2.34. The molecule has 0 radical (unpaired) electrons. The lowest BCUT2D eigenvalue weighted by molar-refractivity contribution is 0.291. The molecule has 5 aromatic rings. The van der Waals surface area contributed by atoms with E-state index in [0.29, 0.717) is 17.2 Å². The van der Waals surface area contributed by atoms with Gasteiger partial charge < -0.3 is 9.72 Å². The van der Waals surface area contributed by atoms with Crippen molar-refractivity contribution in [1.29, 1.82) is 0 Å². The Labute approximate surface area is 179 Å². The maximum Gasteiger partial charge on any atom is 0.200 e. The van der Waals surface area contributed by atoms with Crippen molar-refractivity contribution in [2.75, 3.05) is 0 Å². The number of nitrogens with one attached hydrogen (secondary N) is 2. The quantitative estimate of drug-likeness (QED) is 0.350. The van der Waals surface area contributed by atoms with Crippen LogP contribution < -0.4 is 4.74 Å². The summed E-state index contributed by atoms with van der Waals surface area (Å²) in [7, 11) is 0. The van der Waals surface area contributed by atoms with Gasteiger partial charge in [0.2, 0.25) is 0 Å². The van der Waals surface area contributed by atoms with Gasteiger partial charge in [-0.15, -0.1) is 0 Å². The third kappa shape index (κ3) is 3.21. The molecule has 6 heteroatoms. The van der Waals surface area contributed by atoms with E-state index in [-0.39, 0.29) is 0 Å². The molecule has 0 spiro atoms. The number of nitrogens with zero attached hydrogens (tertiary/aromatic N) is 2. The number of aromatic nitrogens is 4. The minimum Gasteiger partial charge on any atom is -0.485 e. The van der Waals surface area contributed by atoms with Crippen LogP contribution in [0.25, 0.3) is 27.8 Å². The monoisotopic (exact) mass is 412 g/mol. The third-order valence-corrected chi connectivity index (χ3v) is 5.43. The summed E-state index contributed by atoms with van der Waals surface area (Å²) in [4.78, 5) is 3.56. The van der Waals surface area contributed by atoms with E-state index in [1.165, 1.54) is 0 Å². The smallest absolute Gasteiger partial charge is 0.200 e. The van der Waals surface area contributed by atoms with Gasteiger partial charge in [-0.1, -0.05) is 66.7 Å². The SMILES string of the molecule is Cc1ccccc1OCc1n[nH]c(=S)n1-c1c(-c2ccccc2)[nH]c2ccccc12. The lowest BCUT2D eigenvalue weighted by Crippen LogP contribution is -2.07.